The van der Waals surface area contributed by atoms with Gasteiger partial charge in [-0.05, 0) is 12.1 Å². The van der Waals surface area contributed by atoms with Crippen LogP contribution < -0.4 is 0 Å². The van der Waals surface area contributed by atoms with Gasteiger partial charge in [-0.1, -0.05) is 18.2 Å². The molecule has 0 bridgehead atoms. The Bertz CT molecular complexity index is 172. The van der Waals surface area contributed by atoms with E-state index in [2.05, 4.69) is 0 Å². The second kappa shape index (κ2) is 1.65. The van der Waals surface area contributed by atoms with Crippen molar-refractivity contribution in [1.29, 1.82) is 0 Å². The van der Waals surface area contributed by atoms with Crippen molar-refractivity contribution >= 4 is 0 Å². The molecule has 0 aromatic heterocycles. The van der Waals surface area contributed by atoms with Crippen molar-refractivity contribution < 1.29 is 7.85 Å². The molecule has 0 radical (unpaired) electrons. The van der Waals surface area contributed by atoms with E-state index in [1.807, 2.05) is 0 Å². The highest BCUT2D eigenvalue weighted by Gasteiger charge is 1.74. The van der Waals surface area contributed by atoms with Crippen LogP contribution in [0, 0.1) is 0 Å². The van der Waals surface area contributed by atoms with Crippen molar-refractivity contribution in [3.8, 4) is 5.75 Å². The molecule has 1 aromatic carbocycles. The Kier molecular flexibility index (Phi) is 0.555. The topological polar surface area (TPSA) is 20.2 Å². The van der Waals surface area contributed by atoms with Crippen LogP contribution in [0.4, 0.5) is 0 Å². The fourth-order valence-corrected chi connectivity index (χ4v) is 0.344. The van der Waals surface area contributed by atoms with Crippen molar-refractivity contribution in [2.75, 3.05) is 0 Å². The van der Waals surface area contributed by atoms with E-state index >= 15 is 0 Å². The molecule has 0 unspecified atom stereocenters. The highest BCUT2D eigenvalue weighted by Crippen LogP contribution is 2.02. The number of benzene rings is 1. The summed E-state index contributed by atoms with van der Waals surface area (Å²) in [5.41, 5.74) is 0. The van der Waals surface area contributed by atoms with Crippen LogP contribution in [0.15, 0.2) is 30.3 Å². The summed E-state index contributed by atoms with van der Waals surface area (Å²) >= 11 is 0. The number of rotatable bonds is 0. The van der Waals surface area contributed by atoms with Crippen LogP contribution in [0.5, 0.6) is 5.75 Å². The predicted molar refractivity (Wildman–Crippen MR) is 28.1 cm³/mol. The third kappa shape index (κ3) is 0.929. The summed E-state index contributed by atoms with van der Waals surface area (Å²) in [5.74, 6) is -0.0208. The van der Waals surface area contributed by atoms with Crippen molar-refractivity contribution in [2.45, 2.75) is 0 Å². The minimum atomic E-state index is -0.0208. The molecule has 0 fully saturated rings. The standard InChI is InChI=1S/C6H6O/c7-6-4-2-1-3-5-6/h1-5,7H/i2D,3D. The Hall–Kier alpha value is -0.980. The first-order chi connectivity index (χ1) is 4.18. The monoisotopic (exact) mass is 96.1 g/mol. The molecule has 1 rings (SSSR count). The molecule has 0 amide bonds. The van der Waals surface area contributed by atoms with Crippen LogP contribution in [0.3, 0.4) is 0 Å². The number of hydrogen-bond donors (Lipinski definition) is 1. The van der Waals surface area contributed by atoms with E-state index in [9.17, 15) is 0 Å². The summed E-state index contributed by atoms with van der Waals surface area (Å²) in [4.78, 5) is 0. The Morgan fingerprint density at radius 1 is 1.43 bits per heavy atom. The van der Waals surface area contributed by atoms with Gasteiger partial charge in [0.1, 0.15) is 5.75 Å². The summed E-state index contributed by atoms with van der Waals surface area (Å²) < 4.78 is 14.0. The van der Waals surface area contributed by atoms with E-state index in [1.165, 1.54) is 18.2 Å². The quantitative estimate of drug-likeness (QED) is 0.517. The van der Waals surface area contributed by atoms with E-state index in [0.717, 1.165) is 0 Å². The smallest absolute Gasteiger partial charge is 0.115 e. The zero-order valence-electron chi connectivity index (χ0n) is 5.68. The van der Waals surface area contributed by atoms with Crippen LogP contribution in [0.1, 0.15) is 2.74 Å². The van der Waals surface area contributed by atoms with Gasteiger partial charge < -0.3 is 5.11 Å². The molecule has 0 heterocycles. The summed E-state index contributed by atoms with van der Waals surface area (Å²) in [7, 11) is 0. The molecule has 0 saturated heterocycles. The molecule has 0 aliphatic rings. The number of aromatic hydroxyl groups is 1. The molecule has 0 aliphatic carbocycles. The number of hydrogen-bond acceptors (Lipinski definition) is 1. The van der Waals surface area contributed by atoms with Gasteiger partial charge in [0, 0.05) is 0 Å². The zero-order chi connectivity index (χ0) is 6.85. The molecule has 0 saturated carbocycles. The van der Waals surface area contributed by atoms with Crippen molar-refractivity contribution in [1.82, 2.24) is 0 Å². The lowest BCUT2D eigenvalue weighted by atomic mass is 10.3. The van der Waals surface area contributed by atoms with Gasteiger partial charge in [-0.3, -0.25) is 0 Å². The minimum Gasteiger partial charge on any atom is -0.508 e. The Balaban J connectivity index is 3.17. The Morgan fingerprint density at radius 2 is 2.00 bits per heavy atom. The zero-order valence-corrected chi connectivity index (χ0v) is 3.68. The highest BCUT2D eigenvalue weighted by molar-refractivity contribution is 5.18. The lowest BCUT2D eigenvalue weighted by Crippen LogP contribution is -1.56. The SMILES string of the molecule is [2H]c1cc([2H])cc(O)c1. The molecular weight excluding hydrogens is 88.1 g/mol. The third-order valence-electron chi connectivity index (χ3n) is 0.629. The largest absolute Gasteiger partial charge is 0.508 e. The van der Waals surface area contributed by atoms with Crippen LogP contribution in [0.2, 0.25) is 0 Å². The molecule has 1 heteroatoms. The molecule has 7 heavy (non-hydrogen) atoms. The van der Waals surface area contributed by atoms with Gasteiger partial charge in [0.25, 0.3) is 0 Å². The summed E-state index contributed by atoms with van der Waals surface area (Å²) in [6, 6.07) is 4.27. The maximum absolute atomic E-state index is 8.75. The normalized spacial score (nSPS) is 12.6. The van der Waals surface area contributed by atoms with Gasteiger partial charge in [-0.25, -0.2) is 0 Å². The average molecular weight is 96.1 g/mol. The predicted octanol–water partition coefficient (Wildman–Crippen LogP) is 1.39. The van der Waals surface area contributed by atoms with Crippen molar-refractivity contribution in [3.63, 3.8) is 0 Å². The maximum atomic E-state index is 8.75. The van der Waals surface area contributed by atoms with Gasteiger partial charge in [-0.2, -0.15) is 0 Å². The average Bonchev–Trinajstić information content (AvgIpc) is 1.59. The van der Waals surface area contributed by atoms with E-state index in [-0.39, 0.29) is 17.8 Å². The van der Waals surface area contributed by atoms with Crippen LogP contribution in [0.25, 0.3) is 0 Å². The highest BCUT2D eigenvalue weighted by atomic mass is 16.3. The first-order valence-corrected chi connectivity index (χ1v) is 1.96. The van der Waals surface area contributed by atoms with Crippen LogP contribution in [-0.4, -0.2) is 5.11 Å². The van der Waals surface area contributed by atoms with E-state index in [0.29, 0.717) is 0 Å². The minimum absolute atomic E-state index is 0.0208. The molecule has 1 aromatic rings. The summed E-state index contributed by atoms with van der Waals surface area (Å²) in [6.45, 7) is 0. The third-order valence-corrected chi connectivity index (χ3v) is 0.629. The van der Waals surface area contributed by atoms with Crippen molar-refractivity contribution in [3.05, 3.63) is 30.3 Å². The second-order valence-electron chi connectivity index (χ2n) is 1.19. The number of phenolic OH excluding ortho intramolecular Hbond substituents is 1. The van der Waals surface area contributed by atoms with Crippen LogP contribution in [-0.2, 0) is 0 Å². The van der Waals surface area contributed by atoms with E-state index in [4.69, 9.17) is 7.85 Å². The first-order valence-electron chi connectivity index (χ1n) is 2.96. The van der Waals surface area contributed by atoms with E-state index in [1.54, 1.807) is 0 Å². The molecule has 0 aliphatic heterocycles. The van der Waals surface area contributed by atoms with Gasteiger partial charge in [0.05, 0.1) is 2.74 Å². The van der Waals surface area contributed by atoms with Gasteiger partial charge in [-0.15, -0.1) is 0 Å². The molecule has 1 N–H and O–H groups in total. The van der Waals surface area contributed by atoms with E-state index < -0.39 is 0 Å². The number of para-hydroxylation sites is 1. The lowest BCUT2D eigenvalue weighted by molar-refractivity contribution is 0.475. The Morgan fingerprint density at radius 3 is 2.43 bits per heavy atom. The molecule has 36 valence electrons. The fourth-order valence-electron chi connectivity index (χ4n) is 0.344. The fraction of sp³-hybridized carbons (Fsp3) is 0. The lowest BCUT2D eigenvalue weighted by Gasteiger charge is -1.82. The van der Waals surface area contributed by atoms with Crippen molar-refractivity contribution in [2.24, 2.45) is 0 Å². The van der Waals surface area contributed by atoms with Gasteiger partial charge in [0.2, 0.25) is 0 Å². The Labute approximate surface area is 45.0 Å². The molecule has 1 nitrogen and oxygen atoms in total. The molecule has 0 atom stereocenters. The van der Waals surface area contributed by atoms with Gasteiger partial charge >= 0.3 is 0 Å². The summed E-state index contributed by atoms with van der Waals surface area (Å²) in [5, 5.41) is 8.75. The maximum Gasteiger partial charge on any atom is 0.115 e. The molecule has 0 spiro atoms. The van der Waals surface area contributed by atoms with Crippen LogP contribution >= 0.6 is 0 Å². The second-order valence-corrected chi connectivity index (χ2v) is 1.19. The first kappa shape index (κ1) is 2.36. The molecular formula is C6H6O. The van der Waals surface area contributed by atoms with Gasteiger partial charge in [0.15, 0.2) is 0 Å². The summed E-state index contributed by atoms with van der Waals surface area (Å²) in [6.07, 6.45) is 0. The number of phenols is 1.